The molecule has 154 valence electrons. The molecule has 0 radical (unpaired) electrons. The molecule has 0 spiro atoms. The zero-order chi connectivity index (χ0) is 21.5. The van der Waals surface area contributed by atoms with Crippen molar-refractivity contribution in [3.8, 4) is 0 Å². The number of hydrogen-bond acceptors (Lipinski definition) is 6. The van der Waals surface area contributed by atoms with E-state index in [9.17, 15) is 14.4 Å². The fraction of sp³-hybridized carbons (Fsp3) is 0.174. The highest BCUT2D eigenvalue weighted by atomic mass is 32.1. The van der Waals surface area contributed by atoms with Gasteiger partial charge in [0.1, 0.15) is 4.66 Å². The molecular formula is C23H21NO5S. The average Bonchev–Trinajstić information content (AvgIpc) is 3.03. The van der Waals surface area contributed by atoms with Crippen LogP contribution in [0, 0.1) is 0 Å². The second-order valence-corrected chi connectivity index (χ2v) is 7.40. The summed E-state index contributed by atoms with van der Waals surface area (Å²) in [4.78, 5) is 36.7. The van der Waals surface area contributed by atoms with E-state index < -0.39 is 11.9 Å². The van der Waals surface area contributed by atoms with E-state index in [1.54, 1.807) is 37.3 Å². The van der Waals surface area contributed by atoms with E-state index >= 15 is 0 Å². The molecule has 0 saturated carbocycles. The van der Waals surface area contributed by atoms with Crippen LogP contribution in [0.25, 0.3) is 12.2 Å². The maximum absolute atomic E-state index is 13.1. The minimum Gasteiger partial charge on any atom is -0.465 e. The quantitative estimate of drug-likeness (QED) is 0.567. The van der Waals surface area contributed by atoms with Crippen molar-refractivity contribution in [1.82, 2.24) is 4.57 Å². The first-order valence-corrected chi connectivity index (χ1v) is 10.2. The van der Waals surface area contributed by atoms with Gasteiger partial charge in [-0.05, 0) is 36.3 Å². The van der Waals surface area contributed by atoms with Crippen molar-refractivity contribution >= 4 is 35.4 Å². The van der Waals surface area contributed by atoms with Crippen LogP contribution in [0.5, 0.6) is 0 Å². The lowest BCUT2D eigenvalue weighted by molar-refractivity contribution is -0.135. The first-order chi connectivity index (χ1) is 14.5. The highest BCUT2D eigenvalue weighted by molar-refractivity contribution is 7.07. The first-order valence-electron chi connectivity index (χ1n) is 9.34. The number of hydrogen-bond donors (Lipinski definition) is 0. The summed E-state index contributed by atoms with van der Waals surface area (Å²) in [6, 6.07) is 16.3. The molecule has 0 N–H and O–H groups in total. The fourth-order valence-corrected chi connectivity index (χ4v) is 3.86. The molecule has 0 unspecified atom stereocenters. The zero-order valence-corrected chi connectivity index (χ0v) is 17.5. The van der Waals surface area contributed by atoms with E-state index in [2.05, 4.69) is 0 Å². The summed E-state index contributed by atoms with van der Waals surface area (Å²) in [5.41, 5.74) is 1.94. The van der Waals surface area contributed by atoms with Gasteiger partial charge in [0, 0.05) is 0 Å². The number of carbonyl (C=O) groups excluding carboxylic acids is 2. The van der Waals surface area contributed by atoms with Crippen LogP contribution in [0.3, 0.4) is 0 Å². The van der Waals surface area contributed by atoms with Crippen molar-refractivity contribution in [2.75, 3.05) is 13.7 Å². The third-order valence-corrected chi connectivity index (χ3v) is 5.34. The molecular weight excluding hydrogens is 402 g/mol. The number of esters is 2. The molecule has 1 heterocycles. The molecule has 0 fully saturated rings. The minimum atomic E-state index is -0.500. The number of nitrogens with zero attached hydrogens (tertiary/aromatic N) is 1. The Morgan fingerprint density at radius 2 is 1.77 bits per heavy atom. The second-order valence-electron chi connectivity index (χ2n) is 6.34. The first kappa shape index (κ1) is 21.3. The molecule has 0 aliphatic rings. The summed E-state index contributed by atoms with van der Waals surface area (Å²) in [6.45, 7) is 2.23. The van der Waals surface area contributed by atoms with Crippen molar-refractivity contribution in [1.29, 1.82) is 0 Å². The van der Waals surface area contributed by atoms with Gasteiger partial charge < -0.3 is 9.47 Å². The molecule has 7 heteroatoms. The van der Waals surface area contributed by atoms with Crippen LogP contribution < -0.4 is 14.8 Å². The molecule has 0 aliphatic carbocycles. The normalized spacial score (nSPS) is 12.1. The van der Waals surface area contributed by atoms with Gasteiger partial charge in [0.2, 0.25) is 0 Å². The van der Waals surface area contributed by atoms with Crippen molar-refractivity contribution in [3.63, 3.8) is 0 Å². The van der Waals surface area contributed by atoms with Crippen molar-refractivity contribution in [2.24, 2.45) is 0 Å². The van der Waals surface area contributed by atoms with Gasteiger partial charge in [-0.1, -0.05) is 42.5 Å². The number of carbonyl (C=O) groups is 2. The highest BCUT2D eigenvalue weighted by Gasteiger charge is 2.09. The van der Waals surface area contributed by atoms with Gasteiger partial charge in [-0.3, -0.25) is 9.36 Å². The molecule has 0 saturated heterocycles. The van der Waals surface area contributed by atoms with Crippen LogP contribution in [0.4, 0.5) is 0 Å². The number of ether oxygens (including phenoxy) is 2. The van der Waals surface area contributed by atoms with E-state index in [0.717, 1.165) is 11.1 Å². The van der Waals surface area contributed by atoms with Crippen molar-refractivity contribution in [3.05, 3.63) is 90.8 Å². The average molecular weight is 423 g/mol. The van der Waals surface area contributed by atoms with Crippen LogP contribution >= 0.6 is 11.3 Å². The van der Waals surface area contributed by atoms with Crippen LogP contribution in [-0.2, 0) is 20.8 Å². The molecule has 3 rings (SSSR count). The number of benzene rings is 2. The Bertz CT molecular complexity index is 1210. The van der Waals surface area contributed by atoms with Crippen LogP contribution in [0.2, 0.25) is 0 Å². The Morgan fingerprint density at radius 3 is 2.40 bits per heavy atom. The van der Waals surface area contributed by atoms with Crippen LogP contribution in [-0.4, -0.2) is 30.2 Å². The van der Waals surface area contributed by atoms with E-state index in [0.29, 0.717) is 14.8 Å². The van der Waals surface area contributed by atoms with E-state index in [-0.39, 0.29) is 18.7 Å². The molecule has 0 atom stereocenters. The summed E-state index contributed by atoms with van der Waals surface area (Å²) in [5.74, 6) is -0.926. The van der Waals surface area contributed by atoms with Crippen LogP contribution in [0.1, 0.15) is 28.4 Å². The molecule has 1 aromatic heterocycles. The molecule has 30 heavy (non-hydrogen) atoms. The second kappa shape index (κ2) is 9.84. The van der Waals surface area contributed by atoms with E-state index in [1.807, 2.05) is 30.3 Å². The summed E-state index contributed by atoms with van der Waals surface area (Å²) >= 11 is 1.23. The van der Waals surface area contributed by atoms with Gasteiger partial charge in [-0.25, -0.2) is 9.59 Å². The Hall–Kier alpha value is -3.45. The van der Waals surface area contributed by atoms with E-state index in [4.69, 9.17) is 9.47 Å². The summed E-state index contributed by atoms with van der Waals surface area (Å²) in [5, 5.41) is 0. The summed E-state index contributed by atoms with van der Waals surface area (Å²) in [7, 11) is 1.32. The third-order valence-electron chi connectivity index (χ3n) is 4.28. The largest absolute Gasteiger partial charge is 0.465 e. The molecule has 0 amide bonds. The highest BCUT2D eigenvalue weighted by Crippen LogP contribution is 2.06. The van der Waals surface area contributed by atoms with Gasteiger partial charge >= 0.3 is 11.9 Å². The maximum Gasteiger partial charge on any atom is 0.337 e. The predicted molar refractivity (Wildman–Crippen MR) is 116 cm³/mol. The molecule has 0 aliphatic heterocycles. The van der Waals surface area contributed by atoms with Gasteiger partial charge in [-0.15, -0.1) is 11.3 Å². The lowest BCUT2D eigenvalue weighted by atomic mass is 10.1. The van der Waals surface area contributed by atoms with E-state index in [1.165, 1.54) is 29.1 Å². The summed E-state index contributed by atoms with van der Waals surface area (Å²) in [6.07, 6.45) is 3.13. The fourth-order valence-electron chi connectivity index (χ4n) is 2.82. The molecule has 0 bridgehead atoms. The van der Waals surface area contributed by atoms with Gasteiger partial charge in [0.25, 0.3) is 5.56 Å². The number of rotatable bonds is 6. The topological polar surface area (TPSA) is 74.6 Å². The van der Waals surface area contributed by atoms with Gasteiger partial charge in [-0.2, -0.15) is 0 Å². The number of thiazole rings is 1. The molecule has 6 nitrogen and oxygen atoms in total. The smallest absolute Gasteiger partial charge is 0.337 e. The monoisotopic (exact) mass is 423 g/mol. The Balaban J connectivity index is 2.05. The maximum atomic E-state index is 13.1. The number of aromatic nitrogens is 1. The third kappa shape index (κ3) is 5.12. The zero-order valence-electron chi connectivity index (χ0n) is 16.7. The standard InChI is InChI=1S/C23H21NO5S/c1-3-29-21(25)14-20-24(15-17-9-11-18(12-10-17)23(27)28-2)22(26)19(30-20)13-16-7-5-4-6-8-16/h4-14H,3,15H2,1-2H3/b19-13-,20-14-. The van der Waals surface area contributed by atoms with Crippen molar-refractivity contribution in [2.45, 2.75) is 13.5 Å². The lowest BCUT2D eigenvalue weighted by Crippen LogP contribution is -2.32. The Kier molecular flexibility index (Phi) is 6.98. The van der Waals surface area contributed by atoms with Crippen LogP contribution in [0.15, 0.2) is 59.4 Å². The van der Waals surface area contributed by atoms with Gasteiger partial charge in [0.05, 0.1) is 36.4 Å². The Morgan fingerprint density at radius 1 is 1.07 bits per heavy atom. The minimum absolute atomic E-state index is 0.198. The lowest BCUT2D eigenvalue weighted by Gasteiger charge is -2.04. The predicted octanol–water partition coefficient (Wildman–Crippen LogP) is 1.92. The SMILES string of the molecule is CCOC(=O)/C=c1\s/c(=C\c2ccccc2)c(=O)n1Cc1ccc(C(=O)OC)cc1. The summed E-state index contributed by atoms with van der Waals surface area (Å²) < 4.78 is 12.3. The Labute approximate surface area is 177 Å². The molecule has 2 aromatic carbocycles. The molecule has 3 aromatic rings. The van der Waals surface area contributed by atoms with Gasteiger partial charge in [0.15, 0.2) is 0 Å². The number of methoxy groups -OCH3 is 1. The van der Waals surface area contributed by atoms with Crippen molar-refractivity contribution < 1.29 is 19.1 Å².